The van der Waals surface area contributed by atoms with Crippen LogP contribution in [0.25, 0.3) is 21.5 Å². The van der Waals surface area contributed by atoms with Gasteiger partial charge in [0.25, 0.3) is 0 Å². The topological polar surface area (TPSA) is 103 Å². The van der Waals surface area contributed by atoms with E-state index in [4.69, 9.17) is 10.5 Å². The van der Waals surface area contributed by atoms with Gasteiger partial charge in [0, 0.05) is 23.9 Å². The molecule has 1 aliphatic carbocycles. The highest BCUT2D eigenvalue weighted by Crippen LogP contribution is 2.37. The number of nitrogens with one attached hydrogen (secondary N) is 1. The first-order valence-corrected chi connectivity index (χ1v) is 13.2. The predicted molar refractivity (Wildman–Crippen MR) is 140 cm³/mol. The van der Waals surface area contributed by atoms with Gasteiger partial charge in [-0.2, -0.15) is 13.2 Å². The quantitative estimate of drug-likeness (QED) is 0.261. The Labute approximate surface area is 221 Å². The molecule has 0 atom stereocenters. The summed E-state index contributed by atoms with van der Waals surface area (Å²) in [5.41, 5.74) is 6.47. The lowest BCUT2D eigenvalue weighted by Crippen LogP contribution is -2.18. The lowest BCUT2D eigenvalue weighted by molar-refractivity contribution is -0.137. The molecule has 0 saturated heterocycles. The third-order valence-corrected chi connectivity index (χ3v) is 7.56. The minimum absolute atomic E-state index is 0.0288. The molecule has 0 unspecified atom stereocenters. The van der Waals surface area contributed by atoms with E-state index in [9.17, 15) is 18.0 Å². The number of hydrogen-bond acceptors (Lipinski definition) is 7. The van der Waals surface area contributed by atoms with Crippen LogP contribution >= 0.6 is 11.3 Å². The monoisotopic (exact) mass is 541 g/mol. The Hall–Kier alpha value is -3.73. The van der Waals surface area contributed by atoms with Crippen LogP contribution in [-0.2, 0) is 17.4 Å². The number of nitrogens with zero attached hydrogens (tertiary/aromatic N) is 3. The highest BCUT2D eigenvalue weighted by Gasteiger charge is 2.31. The fourth-order valence-corrected chi connectivity index (χ4v) is 5.66. The third kappa shape index (κ3) is 6.04. The second kappa shape index (κ2) is 10.9. The molecule has 4 aromatic rings. The lowest BCUT2D eigenvalue weighted by atomic mass is 9.89. The maximum Gasteiger partial charge on any atom is 0.416 e. The molecule has 198 valence electrons. The Morgan fingerprint density at radius 3 is 2.68 bits per heavy atom. The van der Waals surface area contributed by atoms with Crippen molar-refractivity contribution >= 4 is 33.1 Å². The summed E-state index contributed by atoms with van der Waals surface area (Å²) in [4.78, 5) is 24.3. The maximum absolute atomic E-state index is 13.5. The van der Waals surface area contributed by atoms with E-state index in [1.807, 2.05) is 6.07 Å². The number of carbonyl (C=O) groups is 1. The molecule has 1 aliphatic rings. The van der Waals surface area contributed by atoms with Crippen molar-refractivity contribution in [1.29, 1.82) is 0 Å². The number of fused-ring (bicyclic) bond motifs is 1. The normalized spacial score (nSPS) is 14.5. The van der Waals surface area contributed by atoms with Crippen LogP contribution in [0.15, 0.2) is 48.8 Å². The molecular weight excluding hydrogens is 515 g/mol. The van der Waals surface area contributed by atoms with Gasteiger partial charge in [-0.25, -0.2) is 15.0 Å². The first-order chi connectivity index (χ1) is 18.3. The zero-order valence-corrected chi connectivity index (χ0v) is 21.2. The van der Waals surface area contributed by atoms with E-state index < -0.39 is 17.6 Å². The second-order valence-electron chi connectivity index (χ2n) is 9.34. The first kappa shape index (κ1) is 25.9. The van der Waals surface area contributed by atoms with Crippen molar-refractivity contribution in [3.05, 3.63) is 59.4 Å². The van der Waals surface area contributed by atoms with Crippen molar-refractivity contribution in [2.75, 3.05) is 11.9 Å². The van der Waals surface area contributed by atoms with E-state index in [1.165, 1.54) is 30.2 Å². The van der Waals surface area contributed by atoms with E-state index in [2.05, 4.69) is 20.3 Å². The van der Waals surface area contributed by atoms with Gasteiger partial charge in [-0.05, 0) is 43.0 Å². The van der Waals surface area contributed by atoms with Crippen LogP contribution in [0.3, 0.4) is 0 Å². The summed E-state index contributed by atoms with van der Waals surface area (Å²) in [5, 5.41) is 3.83. The number of amides is 1. The average molecular weight is 542 g/mol. The van der Waals surface area contributed by atoms with Crippen molar-refractivity contribution in [3.8, 4) is 22.9 Å². The van der Waals surface area contributed by atoms with Gasteiger partial charge in [-0.1, -0.05) is 31.4 Å². The number of alkyl halides is 3. The van der Waals surface area contributed by atoms with E-state index >= 15 is 0 Å². The molecule has 38 heavy (non-hydrogen) atoms. The lowest BCUT2D eigenvalue weighted by Gasteiger charge is -2.23. The van der Waals surface area contributed by atoms with Crippen molar-refractivity contribution in [2.24, 2.45) is 11.7 Å². The van der Waals surface area contributed by atoms with Crippen LogP contribution in [0.1, 0.15) is 42.7 Å². The zero-order chi connectivity index (χ0) is 26.7. The van der Waals surface area contributed by atoms with Crippen molar-refractivity contribution in [1.82, 2.24) is 15.0 Å². The SMILES string of the molecule is NC(=O)Cc1nc2c(Oc3cc(-c4ccc(C(F)(F)F)cc4NCC4CCCCC4)ncn3)cccc2s1. The number of nitrogens with two attached hydrogens (primary N) is 1. The fraction of sp³-hybridized carbons (Fsp3) is 0.333. The molecule has 0 bridgehead atoms. The van der Waals surface area contributed by atoms with Gasteiger partial charge >= 0.3 is 6.18 Å². The maximum atomic E-state index is 13.5. The van der Waals surface area contributed by atoms with Gasteiger partial charge in [-0.15, -0.1) is 11.3 Å². The second-order valence-corrected chi connectivity index (χ2v) is 10.5. The highest BCUT2D eigenvalue weighted by molar-refractivity contribution is 7.18. The smallest absolute Gasteiger partial charge is 0.416 e. The van der Waals surface area contributed by atoms with E-state index in [1.54, 1.807) is 18.2 Å². The van der Waals surface area contributed by atoms with E-state index in [-0.39, 0.29) is 12.3 Å². The van der Waals surface area contributed by atoms with Crippen LogP contribution < -0.4 is 15.8 Å². The third-order valence-electron chi connectivity index (χ3n) is 6.54. The van der Waals surface area contributed by atoms with Gasteiger partial charge in [0.05, 0.1) is 22.4 Å². The molecule has 5 rings (SSSR count). The molecule has 1 saturated carbocycles. The summed E-state index contributed by atoms with van der Waals surface area (Å²) in [6.07, 6.45) is 2.50. The molecule has 2 aromatic heterocycles. The van der Waals surface area contributed by atoms with Gasteiger partial charge in [0.1, 0.15) is 16.9 Å². The number of primary amides is 1. The van der Waals surface area contributed by atoms with Crippen LogP contribution in [0.2, 0.25) is 0 Å². The van der Waals surface area contributed by atoms with Crippen LogP contribution in [0.4, 0.5) is 18.9 Å². The van der Waals surface area contributed by atoms with Crippen LogP contribution in [0, 0.1) is 5.92 Å². The Morgan fingerprint density at radius 1 is 1.11 bits per heavy atom. The summed E-state index contributed by atoms with van der Waals surface area (Å²) in [7, 11) is 0. The molecule has 11 heteroatoms. The largest absolute Gasteiger partial charge is 0.437 e. The number of hydrogen-bond donors (Lipinski definition) is 2. The number of halogens is 3. The number of para-hydroxylation sites is 1. The Morgan fingerprint density at radius 2 is 1.92 bits per heavy atom. The molecule has 3 N–H and O–H groups in total. The van der Waals surface area contributed by atoms with Gasteiger partial charge in [0.15, 0.2) is 5.75 Å². The summed E-state index contributed by atoms with van der Waals surface area (Å²) in [6, 6.07) is 10.6. The number of anilines is 1. The Bertz CT molecular complexity index is 1450. The van der Waals surface area contributed by atoms with Crippen LogP contribution in [0.5, 0.6) is 11.6 Å². The van der Waals surface area contributed by atoms with Gasteiger partial charge in [0.2, 0.25) is 11.8 Å². The number of aromatic nitrogens is 3. The van der Waals surface area contributed by atoms with E-state index in [0.29, 0.717) is 45.7 Å². The summed E-state index contributed by atoms with van der Waals surface area (Å²) in [6.45, 7) is 0.599. The molecular formula is C27H26F3N5O2S. The Kier molecular flexibility index (Phi) is 7.46. The molecule has 1 amide bonds. The number of carbonyl (C=O) groups excluding carboxylic acids is 1. The summed E-state index contributed by atoms with van der Waals surface area (Å²) >= 11 is 1.35. The van der Waals surface area contributed by atoms with Gasteiger partial charge < -0.3 is 15.8 Å². The fourth-order valence-electron chi connectivity index (χ4n) is 4.67. The zero-order valence-electron chi connectivity index (χ0n) is 20.4. The van der Waals surface area contributed by atoms with Gasteiger partial charge in [-0.3, -0.25) is 4.79 Å². The molecule has 2 aromatic carbocycles. The molecule has 1 fully saturated rings. The summed E-state index contributed by atoms with van der Waals surface area (Å²) in [5.74, 6) is 0.595. The molecule has 0 spiro atoms. The minimum atomic E-state index is -4.46. The number of benzene rings is 2. The number of ether oxygens (including phenoxy) is 1. The minimum Gasteiger partial charge on any atom is -0.437 e. The van der Waals surface area contributed by atoms with Crippen molar-refractivity contribution in [3.63, 3.8) is 0 Å². The van der Waals surface area contributed by atoms with Crippen molar-refractivity contribution in [2.45, 2.75) is 44.7 Å². The average Bonchev–Trinajstić information content (AvgIpc) is 3.30. The number of thiazole rings is 1. The first-order valence-electron chi connectivity index (χ1n) is 12.4. The van der Waals surface area contributed by atoms with Crippen LogP contribution in [-0.4, -0.2) is 27.4 Å². The molecule has 7 nitrogen and oxygen atoms in total. The Balaban J connectivity index is 1.44. The molecule has 0 radical (unpaired) electrons. The van der Waals surface area contributed by atoms with Crippen molar-refractivity contribution < 1.29 is 22.7 Å². The van der Waals surface area contributed by atoms with E-state index in [0.717, 1.165) is 42.5 Å². The molecule has 2 heterocycles. The standard InChI is InChI=1S/C27H26F3N5O2S/c28-27(29,30)17-9-10-18(19(11-17)32-14-16-5-2-1-3-6-16)20-12-24(34-15-33-20)37-21-7-4-8-22-26(21)35-25(38-22)13-23(31)36/h4,7-12,15-16,32H,1-3,5-6,13-14H2,(H2,31,36). The number of rotatable bonds is 8. The molecule has 0 aliphatic heterocycles. The highest BCUT2D eigenvalue weighted by atomic mass is 32.1. The predicted octanol–water partition coefficient (Wildman–Crippen LogP) is 6.58. The summed E-state index contributed by atoms with van der Waals surface area (Å²) < 4.78 is 47.3.